The van der Waals surface area contributed by atoms with Crippen LogP contribution in [0.25, 0.3) is 0 Å². The van der Waals surface area contributed by atoms with Crippen LogP contribution in [-0.2, 0) is 10.0 Å². The molecule has 3 rings (SSSR count). The number of rotatable bonds is 4. The van der Waals surface area contributed by atoms with Crippen LogP contribution in [0.2, 0.25) is 0 Å². The third-order valence-corrected chi connectivity index (χ3v) is 7.12. The highest BCUT2D eigenvalue weighted by Gasteiger charge is 2.30. The predicted octanol–water partition coefficient (Wildman–Crippen LogP) is 4.26. The molecular weight excluding hydrogens is 416 g/mol. The summed E-state index contributed by atoms with van der Waals surface area (Å²) in [5, 5.41) is 2.79. The average Bonchev–Trinajstić information content (AvgIpc) is 2.64. The Hall–Kier alpha value is -1.70. The van der Waals surface area contributed by atoms with Crippen molar-refractivity contribution < 1.29 is 13.2 Å². The Kier molecular flexibility index (Phi) is 5.79. The number of halogens is 1. The molecule has 1 aliphatic heterocycles. The number of nitrogens with one attached hydrogen (secondary N) is 1. The fourth-order valence-electron chi connectivity index (χ4n) is 3.08. The lowest BCUT2D eigenvalue weighted by Crippen LogP contribution is -2.41. The third kappa shape index (κ3) is 4.16. The van der Waals surface area contributed by atoms with E-state index in [1.807, 2.05) is 19.1 Å². The molecule has 0 aromatic heterocycles. The Labute approximate surface area is 162 Å². The molecule has 1 N–H and O–H groups in total. The summed E-state index contributed by atoms with van der Waals surface area (Å²) in [4.78, 5) is 12.6. The van der Waals surface area contributed by atoms with Crippen LogP contribution < -0.4 is 5.32 Å². The van der Waals surface area contributed by atoms with E-state index in [4.69, 9.17) is 0 Å². The molecule has 0 aliphatic carbocycles. The van der Waals surface area contributed by atoms with Gasteiger partial charge in [0, 0.05) is 28.3 Å². The molecule has 1 unspecified atom stereocenters. The quantitative estimate of drug-likeness (QED) is 0.777. The smallest absolute Gasteiger partial charge is 0.255 e. The summed E-state index contributed by atoms with van der Waals surface area (Å²) in [5.74, 6) is -0.275. The highest BCUT2D eigenvalue weighted by Crippen LogP contribution is 2.25. The lowest BCUT2D eigenvalue weighted by molar-refractivity contribution is 0.102. The summed E-state index contributed by atoms with van der Waals surface area (Å²) >= 11 is 3.35. The average molecular weight is 437 g/mol. The molecule has 1 fully saturated rings. The summed E-state index contributed by atoms with van der Waals surface area (Å²) in [6.45, 7) is 2.49. The number of benzene rings is 2. The molecule has 5 nitrogen and oxygen atoms in total. The minimum absolute atomic E-state index is 0.00845. The van der Waals surface area contributed by atoms with Crippen LogP contribution in [-0.4, -0.2) is 31.2 Å². The van der Waals surface area contributed by atoms with Gasteiger partial charge in [0.15, 0.2) is 0 Å². The van der Waals surface area contributed by atoms with Crippen molar-refractivity contribution in [1.29, 1.82) is 0 Å². The zero-order valence-corrected chi connectivity index (χ0v) is 16.9. The molecule has 1 aliphatic rings. The maximum Gasteiger partial charge on any atom is 0.255 e. The third-order valence-electron chi connectivity index (χ3n) is 4.57. The SMILES string of the molecule is CC1CCCCN1S(=O)(=O)c1ccc(C(=O)Nc2ccc(Br)cc2)cc1. The van der Waals surface area contributed by atoms with E-state index in [2.05, 4.69) is 21.2 Å². The zero-order chi connectivity index (χ0) is 18.7. The van der Waals surface area contributed by atoms with Crippen LogP contribution in [0.4, 0.5) is 5.69 Å². The van der Waals surface area contributed by atoms with E-state index in [1.54, 1.807) is 28.6 Å². The monoisotopic (exact) mass is 436 g/mol. The zero-order valence-electron chi connectivity index (χ0n) is 14.5. The first-order valence-electron chi connectivity index (χ1n) is 8.57. The lowest BCUT2D eigenvalue weighted by atomic mass is 10.1. The van der Waals surface area contributed by atoms with Crippen molar-refractivity contribution in [3.05, 3.63) is 58.6 Å². The van der Waals surface area contributed by atoms with Gasteiger partial charge in [0.2, 0.25) is 10.0 Å². The minimum Gasteiger partial charge on any atom is -0.322 e. The van der Waals surface area contributed by atoms with Gasteiger partial charge in [0.1, 0.15) is 0 Å². The van der Waals surface area contributed by atoms with Gasteiger partial charge in [-0.1, -0.05) is 22.4 Å². The molecule has 0 radical (unpaired) electrons. The number of nitrogens with zero attached hydrogens (tertiary/aromatic N) is 1. The first kappa shape index (κ1) is 19.1. The molecule has 0 spiro atoms. The van der Waals surface area contributed by atoms with E-state index in [9.17, 15) is 13.2 Å². The van der Waals surface area contributed by atoms with E-state index >= 15 is 0 Å². The molecular formula is C19H21BrN2O3S. The van der Waals surface area contributed by atoms with Crippen LogP contribution in [0, 0.1) is 0 Å². The number of sulfonamides is 1. The maximum absolute atomic E-state index is 12.8. The van der Waals surface area contributed by atoms with E-state index in [0.717, 1.165) is 23.7 Å². The van der Waals surface area contributed by atoms with Crippen LogP contribution in [0.3, 0.4) is 0 Å². The summed E-state index contributed by atoms with van der Waals surface area (Å²) in [5.41, 5.74) is 1.09. The highest BCUT2D eigenvalue weighted by molar-refractivity contribution is 9.10. The summed E-state index contributed by atoms with van der Waals surface area (Å²) in [7, 11) is -3.52. The van der Waals surface area contributed by atoms with Crippen molar-refractivity contribution in [2.75, 3.05) is 11.9 Å². The summed E-state index contributed by atoms with van der Waals surface area (Å²) in [6, 6.07) is 13.4. The van der Waals surface area contributed by atoms with Gasteiger partial charge in [0.05, 0.1) is 4.90 Å². The van der Waals surface area contributed by atoms with E-state index in [1.165, 1.54) is 12.1 Å². The maximum atomic E-state index is 12.8. The Bertz CT molecular complexity index is 880. The van der Waals surface area contributed by atoms with Gasteiger partial charge < -0.3 is 5.32 Å². The van der Waals surface area contributed by atoms with E-state index in [-0.39, 0.29) is 16.8 Å². The second kappa shape index (κ2) is 7.90. The Morgan fingerprint density at radius 2 is 1.73 bits per heavy atom. The lowest BCUT2D eigenvalue weighted by Gasteiger charge is -2.32. The Balaban J connectivity index is 1.75. The first-order valence-corrected chi connectivity index (χ1v) is 10.8. The summed E-state index contributed by atoms with van der Waals surface area (Å²) in [6.07, 6.45) is 2.83. The van der Waals surface area contributed by atoms with Crippen molar-refractivity contribution in [3.63, 3.8) is 0 Å². The second-order valence-corrected chi connectivity index (χ2v) is 9.25. The predicted molar refractivity (Wildman–Crippen MR) is 106 cm³/mol. The van der Waals surface area contributed by atoms with Gasteiger partial charge in [-0.2, -0.15) is 4.31 Å². The summed E-state index contributed by atoms with van der Waals surface area (Å²) < 4.78 is 28.1. The van der Waals surface area contributed by atoms with E-state index in [0.29, 0.717) is 17.8 Å². The van der Waals surface area contributed by atoms with Gasteiger partial charge in [-0.3, -0.25) is 4.79 Å². The van der Waals surface area contributed by atoms with Crippen LogP contribution in [0.5, 0.6) is 0 Å². The van der Waals surface area contributed by atoms with Crippen molar-refractivity contribution >= 4 is 37.5 Å². The minimum atomic E-state index is -3.52. The van der Waals surface area contributed by atoms with E-state index < -0.39 is 10.0 Å². The van der Waals surface area contributed by atoms with Crippen LogP contribution in [0.15, 0.2) is 57.9 Å². The number of piperidine rings is 1. The van der Waals surface area contributed by atoms with Crippen LogP contribution in [0.1, 0.15) is 36.5 Å². The van der Waals surface area contributed by atoms with Crippen molar-refractivity contribution in [1.82, 2.24) is 4.31 Å². The van der Waals surface area contributed by atoms with Gasteiger partial charge in [-0.15, -0.1) is 0 Å². The molecule has 0 bridgehead atoms. The molecule has 1 saturated heterocycles. The number of anilines is 1. The van der Waals surface area contributed by atoms with Gasteiger partial charge in [0.25, 0.3) is 5.91 Å². The molecule has 1 amide bonds. The Morgan fingerprint density at radius 1 is 1.08 bits per heavy atom. The number of carbonyl (C=O) groups is 1. The molecule has 0 saturated carbocycles. The molecule has 1 heterocycles. The van der Waals surface area contributed by atoms with Gasteiger partial charge in [-0.05, 0) is 68.3 Å². The van der Waals surface area contributed by atoms with Gasteiger partial charge >= 0.3 is 0 Å². The number of hydrogen-bond donors (Lipinski definition) is 1. The molecule has 7 heteroatoms. The van der Waals surface area contributed by atoms with Crippen molar-refractivity contribution in [3.8, 4) is 0 Å². The molecule has 2 aromatic carbocycles. The molecule has 2 aromatic rings. The number of hydrogen-bond acceptors (Lipinski definition) is 3. The molecule has 138 valence electrons. The van der Waals surface area contributed by atoms with Gasteiger partial charge in [-0.25, -0.2) is 8.42 Å². The standard InChI is InChI=1S/C19H21BrN2O3S/c1-14-4-2-3-13-22(14)26(24,25)18-11-5-15(6-12-18)19(23)21-17-9-7-16(20)8-10-17/h5-12,14H,2-4,13H2,1H3,(H,21,23). The fourth-order valence-corrected chi connectivity index (χ4v) is 5.04. The second-order valence-electron chi connectivity index (χ2n) is 6.45. The fraction of sp³-hybridized carbons (Fsp3) is 0.316. The Morgan fingerprint density at radius 3 is 2.35 bits per heavy atom. The van der Waals surface area contributed by atoms with Crippen molar-refractivity contribution in [2.45, 2.75) is 37.1 Å². The molecule has 1 atom stereocenters. The van der Waals surface area contributed by atoms with Crippen LogP contribution >= 0.6 is 15.9 Å². The molecule has 26 heavy (non-hydrogen) atoms. The number of carbonyl (C=O) groups excluding carboxylic acids is 1. The topological polar surface area (TPSA) is 66.5 Å². The largest absolute Gasteiger partial charge is 0.322 e. The first-order chi connectivity index (χ1) is 12.4. The highest BCUT2D eigenvalue weighted by atomic mass is 79.9. The normalized spacial score (nSPS) is 18.5. The van der Waals surface area contributed by atoms with Crippen molar-refractivity contribution in [2.24, 2.45) is 0 Å². The number of amides is 1.